The summed E-state index contributed by atoms with van der Waals surface area (Å²) in [5, 5.41) is 10.5. The molecular formula is C12H9F3N2O4. The zero-order valence-electron chi connectivity index (χ0n) is 10.3. The highest BCUT2D eigenvalue weighted by atomic mass is 19.4. The van der Waals surface area contributed by atoms with E-state index in [0.717, 1.165) is 18.2 Å². The fraction of sp³-hybridized carbons (Fsp3) is 0.167. The van der Waals surface area contributed by atoms with Crippen LogP contribution < -0.4 is 10.5 Å². The normalized spacial score (nSPS) is 13.0. The van der Waals surface area contributed by atoms with E-state index in [1.54, 1.807) is 0 Å². The van der Waals surface area contributed by atoms with Gasteiger partial charge < -0.3 is 14.9 Å². The minimum absolute atomic E-state index is 0.131. The van der Waals surface area contributed by atoms with Gasteiger partial charge in [0.25, 0.3) is 0 Å². The van der Waals surface area contributed by atoms with Crippen molar-refractivity contribution in [2.45, 2.75) is 12.4 Å². The van der Waals surface area contributed by atoms with E-state index in [2.05, 4.69) is 4.74 Å². The Morgan fingerprint density at radius 2 is 1.81 bits per heavy atom. The van der Waals surface area contributed by atoms with Gasteiger partial charge in [0.15, 0.2) is 0 Å². The van der Waals surface area contributed by atoms with E-state index < -0.39 is 23.2 Å². The first-order chi connectivity index (χ1) is 9.76. The third-order valence-corrected chi connectivity index (χ3v) is 2.57. The van der Waals surface area contributed by atoms with Gasteiger partial charge in [-0.2, -0.15) is 0 Å². The average molecular weight is 302 g/mol. The maximum absolute atomic E-state index is 12.0. The first-order valence-corrected chi connectivity index (χ1v) is 5.61. The van der Waals surface area contributed by atoms with Crippen molar-refractivity contribution < 1.29 is 27.2 Å². The molecule has 0 saturated carbocycles. The minimum atomic E-state index is -4.77. The highest BCUT2D eigenvalue weighted by Crippen LogP contribution is 2.28. The second-order valence-electron chi connectivity index (χ2n) is 4.03. The van der Waals surface area contributed by atoms with Crippen LogP contribution in [0.25, 0.3) is 0 Å². The van der Waals surface area contributed by atoms with E-state index in [9.17, 15) is 23.3 Å². The Bertz CT molecular complexity index is 637. The number of hydrogen-bond acceptors (Lipinski definition) is 5. The lowest BCUT2D eigenvalue weighted by molar-refractivity contribution is -0.402. The van der Waals surface area contributed by atoms with E-state index in [0.29, 0.717) is 5.56 Å². The van der Waals surface area contributed by atoms with Crippen molar-refractivity contribution >= 4 is 5.88 Å². The summed E-state index contributed by atoms with van der Waals surface area (Å²) in [6.07, 6.45) is -4.77. The van der Waals surface area contributed by atoms with Crippen molar-refractivity contribution in [3.63, 3.8) is 0 Å². The molecule has 0 unspecified atom stereocenters. The van der Waals surface area contributed by atoms with Crippen LogP contribution in [0.2, 0.25) is 0 Å². The van der Waals surface area contributed by atoms with Gasteiger partial charge in [-0.3, -0.25) is 10.1 Å². The summed E-state index contributed by atoms with van der Waals surface area (Å²) in [5.74, 6) is -0.715. The highest BCUT2D eigenvalue weighted by molar-refractivity contribution is 5.33. The standard InChI is InChI=1S/C12H9F3N2O4/c13-12(14,15)21-8-3-1-7(2-4-8)11(16)9-5-6-10(20-9)17(18)19/h1-6,11H,16H2/t11-/m1/s1. The molecule has 112 valence electrons. The average Bonchev–Trinajstić information content (AvgIpc) is 2.86. The summed E-state index contributed by atoms with van der Waals surface area (Å²) in [6.45, 7) is 0. The SMILES string of the molecule is N[C@H](c1ccc(OC(F)(F)F)cc1)c1ccc([N+](=O)[O-])o1. The molecule has 0 fully saturated rings. The van der Waals surface area contributed by atoms with Crippen LogP contribution in [0.5, 0.6) is 5.75 Å². The molecule has 1 aromatic heterocycles. The van der Waals surface area contributed by atoms with Crippen LogP contribution in [0.4, 0.5) is 19.1 Å². The van der Waals surface area contributed by atoms with E-state index in [-0.39, 0.29) is 11.5 Å². The number of rotatable bonds is 4. The zero-order chi connectivity index (χ0) is 15.6. The topological polar surface area (TPSA) is 91.5 Å². The molecule has 0 aliphatic carbocycles. The third kappa shape index (κ3) is 3.72. The quantitative estimate of drug-likeness (QED) is 0.692. The summed E-state index contributed by atoms with van der Waals surface area (Å²) >= 11 is 0. The number of nitrogens with two attached hydrogens (primary N) is 1. The van der Waals surface area contributed by atoms with Gasteiger partial charge in [-0.05, 0) is 23.8 Å². The zero-order valence-corrected chi connectivity index (χ0v) is 10.3. The van der Waals surface area contributed by atoms with Gasteiger partial charge in [0, 0.05) is 0 Å². The van der Waals surface area contributed by atoms with Gasteiger partial charge in [-0.25, -0.2) is 0 Å². The molecular weight excluding hydrogens is 293 g/mol. The minimum Gasteiger partial charge on any atom is -0.406 e. The smallest absolute Gasteiger partial charge is 0.406 e. The summed E-state index contributed by atoms with van der Waals surface area (Å²) in [6, 6.07) is 6.48. The molecule has 0 radical (unpaired) electrons. The lowest BCUT2D eigenvalue weighted by Gasteiger charge is -2.11. The number of nitro groups is 1. The predicted octanol–water partition coefficient (Wildman–Crippen LogP) is 3.13. The van der Waals surface area contributed by atoms with Gasteiger partial charge in [0.1, 0.15) is 16.4 Å². The monoisotopic (exact) mass is 302 g/mol. The summed E-state index contributed by atoms with van der Waals surface area (Å²) in [5.41, 5.74) is 6.25. The van der Waals surface area contributed by atoms with Gasteiger partial charge >= 0.3 is 12.2 Å². The molecule has 1 aromatic carbocycles. The Labute approximate surface area is 116 Å². The molecule has 6 nitrogen and oxygen atoms in total. The van der Waals surface area contributed by atoms with E-state index in [1.807, 2.05) is 0 Å². The fourth-order valence-electron chi connectivity index (χ4n) is 1.65. The number of nitrogens with zero attached hydrogens (tertiary/aromatic N) is 1. The summed E-state index contributed by atoms with van der Waals surface area (Å²) < 4.78 is 44.7. The second kappa shape index (κ2) is 5.44. The van der Waals surface area contributed by atoms with Gasteiger partial charge in [-0.1, -0.05) is 12.1 Å². The van der Waals surface area contributed by atoms with E-state index >= 15 is 0 Å². The van der Waals surface area contributed by atoms with Crippen LogP contribution in [-0.2, 0) is 0 Å². The lowest BCUT2D eigenvalue weighted by atomic mass is 10.1. The Morgan fingerprint density at radius 1 is 1.19 bits per heavy atom. The van der Waals surface area contributed by atoms with Crippen LogP contribution in [0.3, 0.4) is 0 Å². The van der Waals surface area contributed by atoms with Crippen LogP contribution >= 0.6 is 0 Å². The van der Waals surface area contributed by atoms with Crippen molar-refractivity contribution in [2.24, 2.45) is 5.73 Å². The number of ether oxygens (including phenoxy) is 1. The third-order valence-electron chi connectivity index (χ3n) is 2.57. The van der Waals surface area contributed by atoms with Crippen molar-refractivity contribution in [3.05, 3.63) is 57.8 Å². The molecule has 0 spiro atoms. The molecule has 0 bridgehead atoms. The number of benzene rings is 1. The number of hydrogen-bond donors (Lipinski definition) is 1. The summed E-state index contributed by atoms with van der Waals surface area (Å²) in [4.78, 5) is 9.79. The Kier molecular flexibility index (Phi) is 3.85. The molecule has 2 rings (SSSR count). The Hall–Kier alpha value is -2.55. The first kappa shape index (κ1) is 14.9. The van der Waals surface area contributed by atoms with E-state index in [4.69, 9.17) is 10.2 Å². The van der Waals surface area contributed by atoms with Crippen molar-refractivity contribution in [2.75, 3.05) is 0 Å². The first-order valence-electron chi connectivity index (χ1n) is 5.61. The molecule has 0 amide bonds. The van der Waals surface area contributed by atoms with Crippen LogP contribution in [0.15, 0.2) is 40.8 Å². The molecule has 0 aliphatic heterocycles. The predicted molar refractivity (Wildman–Crippen MR) is 64.5 cm³/mol. The fourth-order valence-corrected chi connectivity index (χ4v) is 1.65. The molecule has 1 heterocycles. The Balaban J connectivity index is 2.15. The summed E-state index contributed by atoms with van der Waals surface area (Å²) in [7, 11) is 0. The maximum atomic E-state index is 12.0. The highest BCUT2D eigenvalue weighted by Gasteiger charge is 2.31. The number of furan rings is 1. The Morgan fingerprint density at radius 3 is 2.29 bits per heavy atom. The number of halogens is 3. The molecule has 21 heavy (non-hydrogen) atoms. The van der Waals surface area contributed by atoms with Crippen LogP contribution in [0.1, 0.15) is 17.4 Å². The van der Waals surface area contributed by atoms with Gasteiger partial charge in [0.2, 0.25) is 0 Å². The number of alkyl halides is 3. The second-order valence-corrected chi connectivity index (χ2v) is 4.03. The van der Waals surface area contributed by atoms with Gasteiger partial charge in [0.05, 0.1) is 12.1 Å². The van der Waals surface area contributed by atoms with Crippen molar-refractivity contribution in [3.8, 4) is 5.75 Å². The van der Waals surface area contributed by atoms with Crippen LogP contribution in [-0.4, -0.2) is 11.3 Å². The van der Waals surface area contributed by atoms with Crippen molar-refractivity contribution in [1.82, 2.24) is 0 Å². The molecule has 0 aliphatic rings. The van der Waals surface area contributed by atoms with Crippen LogP contribution in [0, 0.1) is 10.1 Å². The molecule has 9 heteroatoms. The lowest BCUT2D eigenvalue weighted by Crippen LogP contribution is -2.17. The van der Waals surface area contributed by atoms with E-state index in [1.165, 1.54) is 18.2 Å². The molecule has 0 saturated heterocycles. The van der Waals surface area contributed by atoms with Crippen molar-refractivity contribution in [1.29, 1.82) is 0 Å². The maximum Gasteiger partial charge on any atom is 0.573 e. The molecule has 2 N–H and O–H groups in total. The molecule has 2 aromatic rings. The van der Waals surface area contributed by atoms with Gasteiger partial charge in [-0.15, -0.1) is 13.2 Å². The molecule has 1 atom stereocenters. The largest absolute Gasteiger partial charge is 0.573 e.